The van der Waals surface area contributed by atoms with E-state index in [2.05, 4.69) is 15.1 Å². The number of H-pyrrole nitrogens is 1. The molecule has 0 aliphatic carbocycles. The van der Waals surface area contributed by atoms with Crippen molar-refractivity contribution < 1.29 is 13.9 Å². The Labute approximate surface area is 146 Å². The van der Waals surface area contributed by atoms with Crippen LogP contribution >= 0.6 is 0 Å². The third-order valence-corrected chi connectivity index (χ3v) is 4.50. The molecule has 8 nitrogen and oxygen atoms in total. The molecule has 0 amide bonds. The molecular formula is C16H16F2N6O2. The highest BCUT2D eigenvalue weighted by Crippen LogP contribution is 2.28. The minimum Gasteiger partial charge on any atom is -0.508 e. The van der Waals surface area contributed by atoms with E-state index in [1.165, 1.54) is 16.9 Å². The lowest BCUT2D eigenvalue weighted by Gasteiger charge is -2.36. The summed E-state index contributed by atoms with van der Waals surface area (Å²) in [4.78, 5) is 22.8. The van der Waals surface area contributed by atoms with Gasteiger partial charge in [0.05, 0.1) is 11.9 Å². The van der Waals surface area contributed by atoms with Gasteiger partial charge in [0.25, 0.3) is 5.56 Å². The molecule has 26 heavy (non-hydrogen) atoms. The number of hydrogen-bond acceptors (Lipinski definition) is 6. The van der Waals surface area contributed by atoms with E-state index in [-0.39, 0.29) is 17.0 Å². The Morgan fingerprint density at radius 3 is 2.58 bits per heavy atom. The van der Waals surface area contributed by atoms with E-state index >= 15 is 0 Å². The van der Waals surface area contributed by atoms with E-state index in [1.54, 1.807) is 11.9 Å². The molecule has 3 aromatic rings. The zero-order valence-electron chi connectivity index (χ0n) is 13.9. The highest BCUT2D eigenvalue weighted by atomic mass is 19.2. The average Bonchev–Trinajstić information content (AvgIpc) is 3.00. The normalized spacial score (nSPS) is 15.0. The summed E-state index contributed by atoms with van der Waals surface area (Å²) in [5.74, 6) is -1.99. The number of nitrogens with zero attached hydrogens (tertiary/aromatic N) is 5. The van der Waals surface area contributed by atoms with Crippen molar-refractivity contribution in [3.05, 3.63) is 40.3 Å². The number of aromatic hydroxyl groups is 1. The van der Waals surface area contributed by atoms with Crippen molar-refractivity contribution >= 4 is 22.7 Å². The lowest BCUT2D eigenvalue weighted by molar-refractivity contribution is 0.453. The van der Waals surface area contributed by atoms with Crippen LogP contribution in [0, 0.1) is 11.6 Å². The predicted molar refractivity (Wildman–Crippen MR) is 91.6 cm³/mol. The molecule has 1 fully saturated rings. The zero-order valence-corrected chi connectivity index (χ0v) is 13.9. The number of hydrogen-bond donors (Lipinski definition) is 2. The van der Waals surface area contributed by atoms with E-state index in [4.69, 9.17) is 0 Å². The molecule has 3 heterocycles. The van der Waals surface area contributed by atoms with Crippen LogP contribution in [0.25, 0.3) is 11.0 Å². The topological polar surface area (TPSA) is 90.3 Å². The molecule has 2 N–H and O–H groups in total. The van der Waals surface area contributed by atoms with E-state index in [0.29, 0.717) is 43.2 Å². The highest BCUT2D eigenvalue weighted by Gasteiger charge is 2.23. The minimum absolute atomic E-state index is 0.0192. The monoisotopic (exact) mass is 362 g/mol. The molecule has 4 rings (SSSR count). The van der Waals surface area contributed by atoms with Crippen molar-refractivity contribution in [3.8, 4) is 5.75 Å². The molecule has 0 unspecified atom stereocenters. The van der Waals surface area contributed by atoms with Gasteiger partial charge in [0, 0.05) is 45.4 Å². The Morgan fingerprint density at radius 2 is 1.85 bits per heavy atom. The fraction of sp³-hybridized carbons (Fsp3) is 0.312. The Bertz CT molecular complexity index is 1040. The van der Waals surface area contributed by atoms with Crippen LogP contribution < -0.4 is 15.4 Å². The van der Waals surface area contributed by atoms with Crippen LogP contribution in [-0.4, -0.2) is 51.0 Å². The number of halogens is 2. The van der Waals surface area contributed by atoms with Crippen LogP contribution in [-0.2, 0) is 7.05 Å². The molecule has 136 valence electrons. The number of piperazine rings is 1. The number of anilines is 2. The van der Waals surface area contributed by atoms with E-state index in [1.807, 2.05) is 4.90 Å². The molecule has 1 saturated heterocycles. The van der Waals surface area contributed by atoms with Gasteiger partial charge in [-0.05, 0) is 0 Å². The Balaban J connectivity index is 1.58. The number of phenolic OH excluding ortho intramolecular Hbond substituents is 1. The van der Waals surface area contributed by atoms with Gasteiger partial charge in [-0.1, -0.05) is 0 Å². The van der Waals surface area contributed by atoms with Gasteiger partial charge >= 0.3 is 0 Å². The quantitative estimate of drug-likeness (QED) is 0.706. The second kappa shape index (κ2) is 5.97. The molecule has 0 spiro atoms. The van der Waals surface area contributed by atoms with Crippen molar-refractivity contribution in [2.75, 3.05) is 36.0 Å². The zero-order chi connectivity index (χ0) is 18.4. The van der Waals surface area contributed by atoms with Crippen molar-refractivity contribution in [2.45, 2.75) is 0 Å². The number of aryl methyl sites for hydroxylation is 1. The molecule has 1 aliphatic rings. The van der Waals surface area contributed by atoms with Gasteiger partial charge in [0.1, 0.15) is 11.1 Å². The van der Waals surface area contributed by atoms with Crippen LogP contribution in [0.5, 0.6) is 5.75 Å². The number of benzene rings is 1. The Hall–Kier alpha value is -3.17. The van der Waals surface area contributed by atoms with Gasteiger partial charge in [0.15, 0.2) is 17.3 Å². The maximum absolute atomic E-state index is 14.0. The number of fused-ring (bicyclic) bond motifs is 1. The van der Waals surface area contributed by atoms with Gasteiger partial charge in [-0.15, -0.1) is 0 Å². The first-order valence-corrected chi connectivity index (χ1v) is 8.04. The molecule has 0 atom stereocenters. The molecule has 1 aromatic carbocycles. The average molecular weight is 362 g/mol. The third kappa shape index (κ3) is 2.63. The fourth-order valence-electron chi connectivity index (χ4n) is 3.12. The molecule has 0 radical (unpaired) electrons. The summed E-state index contributed by atoms with van der Waals surface area (Å²) < 4.78 is 29.0. The van der Waals surface area contributed by atoms with Crippen molar-refractivity contribution in [1.82, 2.24) is 19.7 Å². The number of aromatic amines is 1. The summed E-state index contributed by atoms with van der Waals surface area (Å²) in [5.41, 5.74) is 0.222. The summed E-state index contributed by atoms with van der Waals surface area (Å²) >= 11 is 0. The summed E-state index contributed by atoms with van der Waals surface area (Å²) in [7, 11) is 1.70. The lowest BCUT2D eigenvalue weighted by Crippen LogP contribution is -2.47. The molecule has 1 aliphatic heterocycles. The number of rotatable bonds is 2. The van der Waals surface area contributed by atoms with Crippen LogP contribution in [0.3, 0.4) is 0 Å². The van der Waals surface area contributed by atoms with E-state index in [9.17, 15) is 18.7 Å². The maximum Gasteiger partial charge on any atom is 0.263 e. The fourth-order valence-corrected chi connectivity index (χ4v) is 3.12. The summed E-state index contributed by atoms with van der Waals surface area (Å²) in [6.07, 6.45) is 1.46. The second-order valence-electron chi connectivity index (χ2n) is 6.13. The number of phenols is 1. The van der Waals surface area contributed by atoms with Crippen LogP contribution in [0.15, 0.2) is 23.1 Å². The second-order valence-corrected chi connectivity index (χ2v) is 6.13. The Kier molecular flexibility index (Phi) is 3.74. The predicted octanol–water partition coefficient (Wildman–Crippen LogP) is 0.967. The molecule has 0 bridgehead atoms. The van der Waals surface area contributed by atoms with Gasteiger partial charge in [-0.3, -0.25) is 14.5 Å². The summed E-state index contributed by atoms with van der Waals surface area (Å²) in [6.45, 7) is 1.66. The summed E-state index contributed by atoms with van der Waals surface area (Å²) in [6, 6.07) is 1.95. The molecular weight excluding hydrogens is 346 g/mol. The standard InChI is InChI=1S/C16H16F2N6O2/c1-22-14-10(8-19-22)15(26)21-16(20-14)24-4-2-23(3-5-24)12-7-9(25)6-11(17)13(12)18/h6-8,25H,2-5H2,1H3,(H,20,21,26). The van der Waals surface area contributed by atoms with Crippen LogP contribution in [0.4, 0.5) is 20.4 Å². The lowest BCUT2D eigenvalue weighted by atomic mass is 10.2. The van der Waals surface area contributed by atoms with Gasteiger partial charge in [-0.2, -0.15) is 10.1 Å². The largest absolute Gasteiger partial charge is 0.508 e. The maximum atomic E-state index is 14.0. The van der Waals surface area contributed by atoms with Crippen LogP contribution in [0.2, 0.25) is 0 Å². The minimum atomic E-state index is -1.09. The van der Waals surface area contributed by atoms with Crippen molar-refractivity contribution in [3.63, 3.8) is 0 Å². The first-order valence-electron chi connectivity index (χ1n) is 8.04. The van der Waals surface area contributed by atoms with Gasteiger partial charge in [0.2, 0.25) is 5.95 Å². The Morgan fingerprint density at radius 1 is 1.15 bits per heavy atom. The third-order valence-electron chi connectivity index (χ3n) is 4.50. The smallest absolute Gasteiger partial charge is 0.263 e. The van der Waals surface area contributed by atoms with Gasteiger partial charge < -0.3 is 14.9 Å². The number of aromatic nitrogens is 4. The van der Waals surface area contributed by atoms with Gasteiger partial charge in [-0.25, -0.2) is 8.78 Å². The SMILES string of the molecule is Cn1ncc2c(=O)[nH]c(N3CCN(c4cc(O)cc(F)c4F)CC3)nc21. The van der Waals surface area contributed by atoms with Crippen molar-refractivity contribution in [2.24, 2.45) is 7.05 Å². The number of nitrogens with one attached hydrogen (secondary N) is 1. The summed E-state index contributed by atoms with van der Waals surface area (Å²) in [5, 5.41) is 14.0. The van der Waals surface area contributed by atoms with Crippen LogP contribution in [0.1, 0.15) is 0 Å². The molecule has 10 heteroatoms. The molecule has 2 aromatic heterocycles. The first-order chi connectivity index (χ1) is 12.4. The van der Waals surface area contributed by atoms with Crippen molar-refractivity contribution in [1.29, 1.82) is 0 Å². The first kappa shape index (κ1) is 16.3. The van der Waals surface area contributed by atoms with E-state index < -0.39 is 11.6 Å². The molecule has 0 saturated carbocycles. The van der Waals surface area contributed by atoms with E-state index in [0.717, 1.165) is 6.07 Å². The highest BCUT2D eigenvalue weighted by molar-refractivity contribution is 5.74.